The van der Waals surface area contributed by atoms with Crippen LogP contribution >= 0.6 is 0 Å². The summed E-state index contributed by atoms with van der Waals surface area (Å²) in [7, 11) is 1.54. The summed E-state index contributed by atoms with van der Waals surface area (Å²) in [5.74, 6) is -1.36. The van der Waals surface area contributed by atoms with E-state index >= 15 is 0 Å². The maximum atomic E-state index is 14.4. The molecule has 2 aromatic heterocycles. The number of benzene rings is 1. The summed E-state index contributed by atoms with van der Waals surface area (Å²) in [5, 5.41) is 12.7. The zero-order chi connectivity index (χ0) is 25.1. The molecule has 1 aliphatic carbocycles. The third-order valence-electron chi connectivity index (χ3n) is 6.72. The molecule has 0 aliphatic heterocycles. The summed E-state index contributed by atoms with van der Waals surface area (Å²) < 4.78 is 34.3. The largest absolute Gasteiger partial charge is 0.481 e. The molecule has 7 nitrogen and oxygen atoms in total. The second kappa shape index (κ2) is 10.4. The van der Waals surface area contributed by atoms with Gasteiger partial charge >= 0.3 is 5.97 Å². The number of nitrogens with one attached hydrogen (secondary N) is 1. The quantitative estimate of drug-likeness (QED) is 0.425. The Morgan fingerprint density at radius 3 is 2.63 bits per heavy atom. The summed E-state index contributed by atoms with van der Waals surface area (Å²) in [5.41, 5.74) is 1.07. The number of carboxylic acid groups (broad SMARTS) is 1. The van der Waals surface area contributed by atoms with Gasteiger partial charge in [-0.25, -0.2) is 13.8 Å². The molecule has 2 heterocycles. The summed E-state index contributed by atoms with van der Waals surface area (Å²) >= 11 is 0. The lowest BCUT2D eigenvalue weighted by Gasteiger charge is -2.30. The van der Waals surface area contributed by atoms with Crippen LogP contribution in [0.5, 0.6) is 0 Å². The van der Waals surface area contributed by atoms with Crippen molar-refractivity contribution in [1.29, 1.82) is 0 Å². The zero-order valence-electron chi connectivity index (χ0n) is 19.8. The minimum atomic E-state index is -0.973. The van der Waals surface area contributed by atoms with Crippen molar-refractivity contribution in [2.75, 3.05) is 18.9 Å². The van der Waals surface area contributed by atoms with Crippen molar-refractivity contribution in [2.45, 2.75) is 51.5 Å². The second-order valence-electron chi connectivity index (χ2n) is 9.18. The van der Waals surface area contributed by atoms with E-state index in [1.807, 2.05) is 0 Å². The van der Waals surface area contributed by atoms with Gasteiger partial charge in [0.2, 0.25) is 0 Å². The number of pyridine rings is 1. The highest BCUT2D eigenvalue weighted by Gasteiger charge is 2.31. The number of carbonyl (C=O) groups excluding carboxylic acids is 1. The van der Waals surface area contributed by atoms with Crippen molar-refractivity contribution in [3.05, 3.63) is 59.0 Å². The van der Waals surface area contributed by atoms with Crippen LogP contribution in [0.2, 0.25) is 0 Å². The van der Waals surface area contributed by atoms with Crippen molar-refractivity contribution in [1.82, 2.24) is 9.88 Å². The van der Waals surface area contributed by atoms with Crippen molar-refractivity contribution < 1.29 is 27.9 Å². The molecular formula is C26H29F2N3O4. The van der Waals surface area contributed by atoms with Gasteiger partial charge in [-0.05, 0) is 43.9 Å². The summed E-state index contributed by atoms with van der Waals surface area (Å²) in [6.07, 6.45) is 6.56. The molecular weight excluding hydrogens is 456 g/mol. The van der Waals surface area contributed by atoms with Gasteiger partial charge in [-0.1, -0.05) is 19.3 Å². The first kappa shape index (κ1) is 24.6. The zero-order valence-corrected chi connectivity index (χ0v) is 19.8. The molecule has 3 aromatic rings. The molecule has 9 heteroatoms. The van der Waals surface area contributed by atoms with Gasteiger partial charge < -0.3 is 19.7 Å². The van der Waals surface area contributed by atoms with Crippen LogP contribution in [0, 0.1) is 24.5 Å². The van der Waals surface area contributed by atoms with E-state index < -0.39 is 17.6 Å². The number of hydrogen-bond acceptors (Lipinski definition) is 5. The number of aromatic nitrogens is 1. The van der Waals surface area contributed by atoms with Crippen molar-refractivity contribution in [3.8, 4) is 0 Å². The number of carboxylic acids is 1. The maximum Gasteiger partial charge on any atom is 0.305 e. The van der Waals surface area contributed by atoms with Crippen molar-refractivity contribution in [2.24, 2.45) is 5.92 Å². The van der Waals surface area contributed by atoms with Gasteiger partial charge in [-0.3, -0.25) is 9.59 Å². The molecule has 1 amide bonds. The average Bonchev–Trinajstić information content (AvgIpc) is 3.17. The highest BCUT2D eigenvalue weighted by Crippen LogP contribution is 2.41. The summed E-state index contributed by atoms with van der Waals surface area (Å²) in [4.78, 5) is 29.1. The lowest BCUT2D eigenvalue weighted by atomic mass is 9.82. The lowest BCUT2D eigenvalue weighted by molar-refractivity contribution is -0.137. The number of rotatable bonds is 8. The van der Waals surface area contributed by atoms with E-state index in [0.29, 0.717) is 28.1 Å². The Kier molecular flexibility index (Phi) is 7.33. The number of fused-ring (bicyclic) bond motifs is 1. The minimum absolute atomic E-state index is 0.0415. The van der Waals surface area contributed by atoms with E-state index in [1.165, 1.54) is 17.2 Å². The topological polar surface area (TPSA) is 95.7 Å². The molecule has 4 rings (SSSR count). The molecule has 1 unspecified atom stereocenters. The number of halogens is 2. The van der Waals surface area contributed by atoms with Gasteiger partial charge in [0.25, 0.3) is 5.91 Å². The standard InChI is InChI=1S/C26H29F2N3O4/c1-15-19-12-18(27)13-20(28)25(19)35-24(15)23(16-6-4-3-5-7-16)30-21-9-8-17(14-29-21)26(34)31(2)11-10-22(32)33/h8-9,12-14,16,23H,3-7,10-11H2,1-2H3,(H,29,30)(H,32,33). The van der Waals surface area contributed by atoms with Crippen LogP contribution in [0.15, 0.2) is 34.9 Å². The predicted molar refractivity (Wildman–Crippen MR) is 127 cm³/mol. The van der Waals surface area contributed by atoms with Gasteiger partial charge in [0.1, 0.15) is 17.4 Å². The fourth-order valence-electron chi connectivity index (χ4n) is 4.77. The van der Waals surface area contributed by atoms with Gasteiger partial charge in [0.15, 0.2) is 11.4 Å². The number of furan rings is 1. The smallest absolute Gasteiger partial charge is 0.305 e. The number of carbonyl (C=O) groups is 2. The average molecular weight is 486 g/mol. The van der Waals surface area contributed by atoms with Crippen LogP contribution in [0.1, 0.15) is 66.2 Å². The number of anilines is 1. The molecule has 1 aromatic carbocycles. The second-order valence-corrected chi connectivity index (χ2v) is 9.18. The van der Waals surface area contributed by atoms with E-state index in [0.717, 1.165) is 38.2 Å². The molecule has 0 radical (unpaired) electrons. The monoisotopic (exact) mass is 485 g/mol. The molecule has 0 saturated heterocycles. The van der Waals surface area contributed by atoms with E-state index in [-0.39, 0.29) is 36.4 Å². The third kappa shape index (κ3) is 5.44. The van der Waals surface area contributed by atoms with E-state index in [9.17, 15) is 18.4 Å². The van der Waals surface area contributed by atoms with Gasteiger partial charge in [0.05, 0.1) is 18.0 Å². The lowest BCUT2D eigenvalue weighted by Crippen LogP contribution is -2.29. The number of aliphatic carboxylic acids is 1. The van der Waals surface area contributed by atoms with E-state index in [4.69, 9.17) is 9.52 Å². The van der Waals surface area contributed by atoms with E-state index in [1.54, 1.807) is 26.1 Å². The maximum absolute atomic E-state index is 14.4. The van der Waals surface area contributed by atoms with Crippen LogP contribution < -0.4 is 5.32 Å². The molecule has 0 spiro atoms. The first-order valence-corrected chi connectivity index (χ1v) is 11.8. The Bertz CT molecular complexity index is 1220. The van der Waals surface area contributed by atoms with Crippen LogP contribution in [0.3, 0.4) is 0 Å². The molecule has 1 fully saturated rings. The Morgan fingerprint density at radius 2 is 1.97 bits per heavy atom. The number of hydrogen-bond donors (Lipinski definition) is 2. The van der Waals surface area contributed by atoms with Gasteiger partial charge in [0, 0.05) is 36.8 Å². The van der Waals surface area contributed by atoms with Gasteiger partial charge in [-0.2, -0.15) is 0 Å². The first-order valence-electron chi connectivity index (χ1n) is 11.8. The molecule has 35 heavy (non-hydrogen) atoms. The minimum Gasteiger partial charge on any atom is -0.481 e. The highest BCUT2D eigenvalue weighted by atomic mass is 19.1. The Hall–Kier alpha value is -3.49. The van der Waals surface area contributed by atoms with Crippen LogP contribution in [0.25, 0.3) is 11.0 Å². The fraction of sp³-hybridized carbons (Fsp3) is 0.423. The Labute approximate surface area is 202 Å². The number of nitrogens with zero attached hydrogens (tertiary/aromatic N) is 2. The Balaban J connectivity index is 1.60. The first-order chi connectivity index (χ1) is 16.7. The SMILES string of the molecule is Cc1c(C(Nc2ccc(C(=O)N(C)CCC(=O)O)cn2)C2CCCCC2)oc2c(F)cc(F)cc12. The highest BCUT2D eigenvalue weighted by molar-refractivity contribution is 5.94. The van der Waals surface area contributed by atoms with Crippen molar-refractivity contribution >= 4 is 28.7 Å². The molecule has 1 saturated carbocycles. The Morgan fingerprint density at radius 1 is 1.23 bits per heavy atom. The molecule has 1 atom stereocenters. The molecule has 186 valence electrons. The van der Waals surface area contributed by atoms with Crippen LogP contribution in [-0.4, -0.2) is 40.5 Å². The van der Waals surface area contributed by atoms with Crippen LogP contribution in [0.4, 0.5) is 14.6 Å². The van der Waals surface area contributed by atoms with Gasteiger partial charge in [-0.15, -0.1) is 0 Å². The molecule has 0 bridgehead atoms. The predicted octanol–water partition coefficient (Wildman–Crippen LogP) is 5.69. The summed E-state index contributed by atoms with van der Waals surface area (Å²) in [6, 6.07) is 5.14. The summed E-state index contributed by atoms with van der Waals surface area (Å²) in [6.45, 7) is 1.90. The number of aryl methyl sites for hydroxylation is 1. The normalized spacial score (nSPS) is 15.2. The van der Waals surface area contributed by atoms with Crippen molar-refractivity contribution in [3.63, 3.8) is 0 Å². The van der Waals surface area contributed by atoms with E-state index in [2.05, 4.69) is 10.3 Å². The molecule has 2 N–H and O–H groups in total. The third-order valence-corrected chi connectivity index (χ3v) is 6.72. The number of amides is 1. The molecule has 1 aliphatic rings. The fourth-order valence-corrected chi connectivity index (χ4v) is 4.77. The van der Waals surface area contributed by atoms with Crippen LogP contribution in [-0.2, 0) is 4.79 Å².